The lowest BCUT2D eigenvalue weighted by Crippen LogP contribution is -2.24. The normalized spacial score (nSPS) is 12.1. The lowest BCUT2D eigenvalue weighted by atomic mass is 9.95. The molecule has 1 atom stereocenters. The van der Waals surface area contributed by atoms with E-state index < -0.39 is 0 Å². The summed E-state index contributed by atoms with van der Waals surface area (Å²) < 4.78 is 0. The van der Waals surface area contributed by atoms with E-state index in [1.807, 2.05) is 19.1 Å². The lowest BCUT2D eigenvalue weighted by Gasteiger charge is -2.14. The van der Waals surface area contributed by atoms with Gasteiger partial charge in [-0.25, -0.2) is 0 Å². The number of hydrogen-bond acceptors (Lipinski definition) is 3. The van der Waals surface area contributed by atoms with Crippen molar-refractivity contribution in [3.05, 3.63) is 30.1 Å². The minimum atomic E-state index is 0.0926. The highest BCUT2D eigenvalue weighted by Crippen LogP contribution is 2.18. The molecule has 0 aliphatic carbocycles. The van der Waals surface area contributed by atoms with Crippen LogP contribution in [0, 0.1) is 0 Å². The minimum Gasteiger partial charge on any atom is -0.356 e. The van der Waals surface area contributed by atoms with E-state index in [4.69, 9.17) is 5.73 Å². The number of amides is 1. The van der Waals surface area contributed by atoms with E-state index in [1.54, 1.807) is 12.4 Å². The average molecular weight is 221 g/mol. The topological polar surface area (TPSA) is 68.0 Å². The summed E-state index contributed by atoms with van der Waals surface area (Å²) in [5.41, 5.74) is 6.87. The van der Waals surface area contributed by atoms with E-state index in [9.17, 15) is 4.79 Å². The van der Waals surface area contributed by atoms with Crippen molar-refractivity contribution < 1.29 is 4.79 Å². The third kappa shape index (κ3) is 3.98. The summed E-state index contributed by atoms with van der Waals surface area (Å²) in [6.45, 7) is 3.16. The molecular formula is C12H19N3O. The molecular weight excluding hydrogens is 202 g/mol. The van der Waals surface area contributed by atoms with Crippen molar-refractivity contribution in [3.63, 3.8) is 0 Å². The molecule has 0 aromatic carbocycles. The average Bonchev–Trinajstić information content (AvgIpc) is 2.31. The zero-order valence-corrected chi connectivity index (χ0v) is 9.65. The van der Waals surface area contributed by atoms with Gasteiger partial charge < -0.3 is 11.1 Å². The molecule has 1 aromatic rings. The van der Waals surface area contributed by atoms with E-state index in [2.05, 4.69) is 10.3 Å². The molecule has 1 rings (SSSR count). The van der Waals surface area contributed by atoms with Gasteiger partial charge in [0.25, 0.3) is 0 Å². The summed E-state index contributed by atoms with van der Waals surface area (Å²) >= 11 is 0. The molecule has 0 saturated carbocycles. The summed E-state index contributed by atoms with van der Waals surface area (Å²) in [4.78, 5) is 15.3. The molecule has 0 spiro atoms. The SMILES string of the molecule is CCNC(=O)CCC(CN)c1ccncc1. The molecule has 4 nitrogen and oxygen atoms in total. The van der Waals surface area contributed by atoms with Crippen LogP contribution in [0.1, 0.15) is 31.2 Å². The van der Waals surface area contributed by atoms with Gasteiger partial charge in [0.05, 0.1) is 0 Å². The van der Waals surface area contributed by atoms with Crippen LogP contribution >= 0.6 is 0 Å². The van der Waals surface area contributed by atoms with Crippen LogP contribution in [-0.4, -0.2) is 24.0 Å². The van der Waals surface area contributed by atoms with Gasteiger partial charge >= 0.3 is 0 Å². The molecule has 0 aliphatic heterocycles. The van der Waals surface area contributed by atoms with Gasteiger partial charge in [0.15, 0.2) is 0 Å². The summed E-state index contributed by atoms with van der Waals surface area (Å²) in [5.74, 6) is 0.334. The Labute approximate surface area is 96.3 Å². The number of aromatic nitrogens is 1. The second-order valence-corrected chi connectivity index (χ2v) is 3.71. The molecule has 88 valence electrons. The molecule has 1 aromatic heterocycles. The van der Waals surface area contributed by atoms with Crippen LogP contribution in [-0.2, 0) is 4.79 Å². The van der Waals surface area contributed by atoms with Gasteiger partial charge in [0, 0.05) is 25.4 Å². The van der Waals surface area contributed by atoms with Crippen molar-refractivity contribution in [3.8, 4) is 0 Å². The molecule has 1 amide bonds. The first-order valence-electron chi connectivity index (χ1n) is 5.64. The standard InChI is InChI=1S/C12H19N3O/c1-2-15-12(16)4-3-11(9-13)10-5-7-14-8-6-10/h5-8,11H,2-4,9,13H2,1H3,(H,15,16). The zero-order chi connectivity index (χ0) is 11.8. The van der Waals surface area contributed by atoms with Gasteiger partial charge in [0.1, 0.15) is 0 Å². The van der Waals surface area contributed by atoms with Crippen LogP contribution in [0.4, 0.5) is 0 Å². The van der Waals surface area contributed by atoms with Gasteiger partial charge in [-0.15, -0.1) is 0 Å². The van der Waals surface area contributed by atoms with Crippen LogP contribution < -0.4 is 11.1 Å². The van der Waals surface area contributed by atoms with Crippen molar-refractivity contribution in [1.29, 1.82) is 0 Å². The zero-order valence-electron chi connectivity index (χ0n) is 9.65. The molecule has 0 radical (unpaired) electrons. The predicted molar refractivity (Wildman–Crippen MR) is 64.0 cm³/mol. The van der Waals surface area contributed by atoms with Gasteiger partial charge in [-0.3, -0.25) is 9.78 Å². The third-order valence-electron chi connectivity index (χ3n) is 2.56. The van der Waals surface area contributed by atoms with Crippen LogP contribution in [0.15, 0.2) is 24.5 Å². The summed E-state index contributed by atoms with van der Waals surface area (Å²) in [5, 5.41) is 2.78. The molecule has 0 saturated heterocycles. The molecule has 1 heterocycles. The third-order valence-corrected chi connectivity index (χ3v) is 2.56. The Balaban J connectivity index is 2.47. The second kappa shape index (κ2) is 6.95. The monoisotopic (exact) mass is 221 g/mol. The van der Waals surface area contributed by atoms with Gasteiger partial charge in [-0.1, -0.05) is 0 Å². The number of pyridine rings is 1. The van der Waals surface area contributed by atoms with Crippen LogP contribution in [0.5, 0.6) is 0 Å². The highest BCUT2D eigenvalue weighted by atomic mass is 16.1. The fourth-order valence-corrected chi connectivity index (χ4v) is 1.65. The Hall–Kier alpha value is -1.42. The van der Waals surface area contributed by atoms with Crippen LogP contribution in [0.25, 0.3) is 0 Å². The Bertz CT molecular complexity index is 313. The lowest BCUT2D eigenvalue weighted by molar-refractivity contribution is -0.121. The van der Waals surface area contributed by atoms with Crippen molar-refractivity contribution in [2.45, 2.75) is 25.7 Å². The Morgan fingerprint density at radius 3 is 2.75 bits per heavy atom. The van der Waals surface area contributed by atoms with Crippen LogP contribution in [0.2, 0.25) is 0 Å². The number of nitrogens with two attached hydrogens (primary N) is 1. The number of carbonyl (C=O) groups excluding carboxylic acids is 1. The number of rotatable bonds is 6. The second-order valence-electron chi connectivity index (χ2n) is 3.71. The van der Waals surface area contributed by atoms with Crippen molar-refractivity contribution in [2.24, 2.45) is 5.73 Å². The maximum absolute atomic E-state index is 11.3. The first kappa shape index (κ1) is 12.6. The first-order chi connectivity index (χ1) is 7.77. The first-order valence-corrected chi connectivity index (χ1v) is 5.64. The number of nitrogens with one attached hydrogen (secondary N) is 1. The molecule has 3 N–H and O–H groups in total. The van der Waals surface area contributed by atoms with Crippen LogP contribution in [0.3, 0.4) is 0 Å². The van der Waals surface area contributed by atoms with E-state index in [0.717, 1.165) is 12.0 Å². The fraction of sp³-hybridized carbons (Fsp3) is 0.500. The molecule has 0 bridgehead atoms. The summed E-state index contributed by atoms with van der Waals surface area (Å²) in [6.07, 6.45) is 4.82. The number of hydrogen-bond donors (Lipinski definition) is 2. The van der Waals surface area contributed by atoms with E-state index >= 15 is 0 Å². The highest BCUT2D eigenvalue weighted by molar-refractivity contribution is 5.75. The largest absolute Gasteiger partial charge is 0.356 e. The number of nitrogens with zero attached hydrogens (tertiary/aromatic N) is 1. The summed E-state index contributed by atoms with van der Waals surface area (Å²) in [6, 6.07) is 3.91. The van der Waals surface area contributed by atoms with E-state index in [0.29, 0.717) is 19.5 Å². The van der Waals surface area contributed by atoms with Gasteiger partial charge in [-0.2, -0.15) is 0 Å². The van der Waals surface area contributed by atoms with Crippen molar-refractivity contribution in [2.75, 3.05) is 13.1 Å². The van der Waals surface area contributed by atoms with E-state index in [-0.39, 0.29) is 11.8 Å². The smallest absolute Gasteiger partial charge is 0.220 e. The molecule has 1 unspecified atom stereocenters. The van der Waals surface area contributed by atoms with Crippen molar-refractivity contribution in [1.82, 2.24) is 10.3 Å². The Morgan fingerprint density at radius 2 is 2.19 bits per heavy atom. The molecule has 0 fully saturated rings. The quantitative estimate of drug-likeness (QED) is 0.754. The highest BCUT2D eigenvalue weighted by Gasteiger charge is 2.11. The van der Waals surface area contributed by atoms with Gasteiger partial charge in [0.2, 0.25) is 5.91 Å². The maximum Gasteiger partial charge on any atom is 0.220 e. The Morgan fingerprint density at radius 1 is 1.50 bits per heavy atom. The van der Waals surface area contributed by atoms with Crippen molar-refractivity contribution >= 4 is 5.91 Å². The number of carbonyl (C=O) groups is 1. The van der Waals surface area contributed by atoms with E-state index in [1.165, 1.54) is 0 Å². The minimum absolute atomic E-state index is 0.0926. The molecule has 16 heavy (non-hydrogen) atoms. The fourth-order valence-electron chi connectivity index (χ4n) is 1.65. The predicted octanol–water partition coefficient (Wildman–Crippen LogP) is 1.04. The van der Waals surface area contributed by atoms with Gasteiger partial charge in [-0.05, 0) is 43.5 Å². The molecule has 4 heteroatoms. The Kier molecular flexibility index (Phi) is 5.50. The maximum atomic E-state index is 11.3. The molecule has 0 aliphatic rings. The summed E-state index contributed by atoms with van der Waals surface area (Å²) in [7, 11) is 0.